The van der Waals surface area contributed by atoms with Crippen molar-refractivity contribution in [1.82, 2.24) is 15.3 Å². The molecule has 2 aromatic heterocycles. The van der Waals surface area contributed by atoms with Gasteiger partial charge in [0.15, 0.2) is 0 Å². The summed E-state index contributed by atoms with van der Waals surface area (Å²) in [7, 11) is 0. The smallest absolute Gasteiger partial charge is 0.406 e. The molecule has 6 nitrogen and oxygen atoms in total. The van der Waals surface area contributed by atoms with Crippen molar-refractivity contribution < 1.29 is 27.1 Å². The minimum Gasteiger partial charge on any atom is -0.406 e. The monoisotopic (exact) mass is 406 g/mol. The van der Waals surface area contributed by atoms with E-state index in [2.05, 4.69) is 25.3 Å². The number of aromatic nitrogens is 2. The molecule has 0 aliphatic carbocycles. The molecule has 3 rings (SSSR count). The van der Waals surface area contributed by atoms with E-state index in [9.17, 15) is 22.4 Å². The molecule has 0 unspecified atom stereocenters. The lowest BCUT2D eigenvalue weighted by Gasteiger charge is -2.20. The summed E-state index contributed by atoms with van der Waals surface area (Å²) in [6.45, 7) is 0. The molecule has 0 radical (unpaired) electrons. The molecule has 3 aromatic rings. The molecule has 29 heavy (non-hydrogen) atoms. The zero-order chi connectivity index (χ0) is 20.9. The van der Waals surface area contributed by atoms with E-state index in [0.29, 0.717) is 11.3 Å². The average Bonchev–Trinajstić information content (AvgIpc) is 2.67. The number of nitrogens with zero attached hydrogens (tertiary/aromatic N) is 2. The zero-order valence-electron chi connectivity index (χ0n) is 14.7. The molecule has 2 heterocycles. The lowest BCUT2D eigenvalue weighted by atomic mass is 10.0. The first-order valence-electron chi connectivity index (χ1n) is 8.25. The van der Waals surface area contributed by atoms with E-state index in [1.54, 1.807) is 12.1 Å². The van der Waals surface area contributed by atoms with Gasteiger partial charge in [0.1, 0.15) is 23.3 Å². The highest BCUT2D eigenvalue weighted by Crippen LogP contribution is 2.27. The summed E-state index contributed by atoms with van der Waals surface area (Å²) in [5.74, 6) is -1.13. The van der Waals surface area contributed by atoms with Gasteiger partial charge >= 0.3 is 12.4 Å². The van der Waals surface area contributed by atoms with Crippen molar-refractivity contribution in [2.24, 2.45) is 0 Å². The van der Waals surface area contributed by atoms with Crippen molar-refractivity contribution >= 4 is 11.7 Å². The number of anilines is 1. The van der Waals surface area contributed by atoms with Crippen LogP contribution in [0.1, 0.15) is 17.3 Å². The normalized spacial score (nSPS) is 12.1. The number of ether oxygens (including phenoxy) is 1. The summed E-state index contributed by atoms with van der Waals surface area (Å²) in [5.41, 5.74) is 0.607. The van der Waals surface area contributed by atoms with Crippen LogP contribution >= 0.6 is 0 Å². The second kappa shape index (κ2) is 8.55. The molecule has 0 saturated heterocycles. The van der Waals surface area contributed by atoms with E-state index in [4.69, 9.17) is 0 Å². The van der Waals surface area contributed by atoms with Gasteiger partial charge in [0, 0.05) is 12.4 Å². The maximum absolute atomic E-state index is 14.3. The Labute approximate surface area is 162 Å². The van der Waals surface area contributed by atoms with Crippen LogP contribution in [0.5, 0.6) is 5.75 Å². The first-order valence-corrected chi connectivity index (χ1v) is 8.25. The highest BCUT2D eigenvalue weighted by atomic mass is 19.4. The third kappa shape index (κ3) is 5.64. The maximum Gasteiger partial charge on any atom is 0.573 e. The van der Waals surface area contributed by atoms with Crippen LogP contribution in [-0.2, 0) is 0 Å². The Morgan fingerprint density at radius 3 is 2.38 bits per heavy atom. The number of alkyl halides is 3. The molecule has 0 aliphatic rings. The molecular weight excluding hydrogens is 392 g/mol. The van der Waals surface area contributed by atoms with Gasteiger partial charge in [0.05, 0.1) is 11.9 Å². The zero-order valence-corrected chi connectivity index (χ0v) is 14.7. The molecule has 0 aliphatic heterocycles. The number of carbonyl (C=O) groups excluding carboxylic acids is 1. The standard InChI is InChI=1S/C19H14F4N4O2/c20-15-4-2-10-25-17(15)16(27-18(28)26-13-3-1-9-24-11-13)12-5-7-14(8-6-12)29-19(21,22)23/h1-11,16H,(H2,26,27,28)/t16-/m0/s1. The van der Waals surface area contributed by atoms with Crippen LogP contribution in [0.2, 0.25) is 0 Å². The van der Waals surface area contributed by atoms with Crippen molar-refractivity contribution in [3.63, 3.8) is 0 Å². The molecule has 0 spiro atoms. The van der Waals surface area contributed by atoms with E-state index in [1.165, 1.54) is 36.8 Å². The summed E-state index contributed by atoms with van der Waals surface area (Å²) >= 11 is 0. The van der Waals surface area contributed by atoms with Crippen molar-refractivity contribution in [2.45, 2.75) is 12.4 Å². The average molecular weight is 406 g/mol. The lowest BCUT2D eigenvalue weighted by molar-refractivity contribution is -0.274. The topological polar surface area (TPSA) is 76.1 Å². The van der Waals surface area contributed by atoms with Crippen molar-refractivity contribution in [3.8, 4) is 5.75 Å². The number of halogens is 4. The highest BCUT2D eigenvalue weighted by molar-refractivity contribution is 5.89. The van der Waals surface area contributed by atoms with Gasteiger partial charge in [-0.05, 0) is 42.0 Å². The Hall–Kier alpha value is -3.69. The number of hydrogen-bond acceptors (Lipinski definition) is 4. The molecule has 2 amide bonds. The second-order valence-corrected chi connectivity index (χ2v) is 5.76. The van der Waals surface area contributed by atoms with Gasteiger partial charge in [-0.2, -0.15) is 0 Å². The van der Waals surface area contributed by atoms with Gasteiger partial charge in [0.25, 0.3) is 0 Å². The first kappa shape index (κ1) is 20.1. The van der Waals surface area contributed by atoms with Gasteiger partial charge in [-0.15, -0.1) is 13.2 Å². The molecule has 0 fully saturated rings. The van der Waals surface area contributed by atoms with Crippen molar-refractivity contribution in [3.05, 3.63) is 84.2 Å². The largest absolute Gasteiger partial charge is 0.573 e. The van der Waals surface area contributed by atoms with Gasteiger partial charge in [-0.25, -0.2) is 9.18 Å². The maximum atomic E-state index is 14.3. The number of hydrogen-bond donors (Lipinski definition) is 2. The van der Waals surface area contributed by atoms with E-state index in [1.807, 2.05) is 0 Å². The lowest BCUT2D eigenvalue weighted by Crippen LogP contribution is -2.34. The molecule has 2 N–H and O–H groups in total. The summed E-state index contributed by atoms with van der Waals surface area (Å²) < 4.78 is 55.2. The molecule has 10 heteroatoms. The van der Waals surface area contributed by atoms with E-state index in [-0.39, 0.29) is 5.69 Å². The quantitative estimate of drug-likeness (QED) is 0.615. The fraction of sp³-hybridized carbons (Fsp3) is 0.105. The predicted octanol–water partition coefficient (Wildman–Crippen LogP) is 4.43. The van der Waals surface area contributed by atoms with E-state index in [0.717, 1.165) is 18.2 Å². The molecule has 150 valence electrons. The summed E-state index contributed by atoms with van der Waals surface area (Å²) in [6.07, 6.45) is -0.554. The fourth-order valence-corrected chi connectivity index (χ4v) is 2.52. The first-order chi connectivity index (χ1) is 13.8. The number of benzene rings is 1. The van der Waals surface area contributed by atoms with Crippen LogP contribution in [0.15, 0.2) is 67.1 Å². The Morgan fingerprint density at radius 2 is 1.76 bits per heavy atom. The van der Waals surface area contributed by atoms with Gasteiger partial charge in [-0.3, -0.25) is 9.97 Å². The van der Waals surface area contributed by atoms with Gasteiger partial charge < -0.3 is 15.4 Å². The van der Waals surface area contributed by atoms with Crippen LogP contribution in [0.3, 0.4) is 0 Å². The second-order valence-electron chi connectivity index (χ2n) is 5.76. The van der Waals surface area contributed by atoms with Crippen LogP contribution < -0.4 is 15.4 Å². The number of rotatable bonds is 5. The Morgan fingerprint density at radius 1 is 1.03 bits per heavy atom. The van der Waals surface area contributed by atoms with Crippen LogP contribution in [0.25, 0.3) is 0 Å². The molecule has 1 atom stereocenters. The number of carbonyl (C=O) groups is 1. The highest BCUT2D eigenvalue weighted by Gasteiger charge is 2.31. The molecule has 0 saturated carbocycles. The number of nitrogens with one attached hydrogen (secondary N) is 2. The number of pyridine rings is 2. The van der Waals surface area contributed by atoms with Crippen LogP contribution in [0.4, 0.5) is 28.0 Å². The Balaban J connectivity index is 1.86. The number of amides is 2. The molecular formula is C19H14F4N4O2. The fourth-order valence-electron chi connectivity index (χ4n) is 2.52. The van der Waals surface area contributed by atoms with Gasteiger partial charge in [0.2, 0.25) is 0 Å². The summed E-state index contributed by atoms with van der Waals surface area (Å²) in [6, 6.07) is 8.72. The third-order valence-electron chi connectivity index (χ3n) is 3.70. The van der Waals surface area contributed by atoms with Crippen LogP contribution in [-0.4, -0.2) is 22.4 Å². The summed E-state index contributed by atoms with van der Waals surface area (Å²) in [4.78, 5) is 20.2. The van der Waals surface area contributed by atoms with E-state index >= 15 is 0 Å². The SMILES string of the molecule is O=C(Nc1cccnc1)N[C@@H](c1ccc(OC(F)(F)F)cc1)c1ncccc1F. The van der Waals surface area contributed by atoms with Gasteiger partial charge in [-0.1, -0.05) is 12.1 Å². The summed E-state index contributed by atoms with van der Waals surface area (Å²) in [5, 5.41) is 5.10. The molecule has 1 aromatic carbocycles. The van der Waals surface area contributed by atoms with Crippen molar-refractivity contribution in [1.29, 1.82) is 0 Å². The minimum absolute atomic E-state index is 0.0988. The Bertz CT molecular complexity index is 966. The number of urea groups is 1. The van der Waals surface area contributed by atoms with Crippen molar-refractivity contribution in [2.75, 3.05) is 5.32 Å². The minimum atomic E-state index is -4.84. The Kier molecular flexibility index (Phi) is 5.91. The molecule has 0 bridgehead atoms. The van der Waals surface area contributed by atoms with E-state index < -0.39 is 30.0 Å². The van der Waals surface area contributed by atoms with Crippen LogP contribution in [0, 0.1) is 5.82 Å². The predicted molar refractivity (Wildman–Crippen MR) is 95.6 cm³/mol. The third-order valence-corrected chi connectivity index (χ3v) is 3.70.